The summed E-state index contributed by atoms with van der Waals surface area (Å²) in [6.45, 7) is 7.38. The average molecular weight is 288 g/mol. The highest BCUT2D eigenvalue weighted by atomic mass is 16.5. The van der Waals surface area contributed by atoms with Crippen LogP contribution in [0.1, 0.15) is 57.6 Å². The van der Waals surface area contributed by atoms with Gasteiger partial charge >= 0.3 is 0 Å². The Hall–Kier alpha value is -1.18. The largest absolute Gasteiger partial charge is 0.497 e. The van der Waals surface area contributed by atoms with Crippen LogP contribution < -0.4 is 9.47 Å². The van der Waals surface area contributed by atoms with Gasteiger partial charge in [-0.05, 0) is 59.6 Å². The first-order chi connectivity index (χ1) is 9.92. The molecule has 0 radical (unpaired) electrons. The Balaban J connectivity index is 2.17. The van der Waals surface area contributed by atoms with Gasteiger partial charge in [0.15, 0.2) is 0 Å². The van der Waals surface area contributed by atoms with Crippen molar-refractivity contribution >= 4 is 0 Å². The fourth-order valence-corrected chi connectivity index (χ4v) is 5.13. The fourth-order valence-electron chi connectivity index (χ4n) is 5.13. The van der Waals surface area contributed by atoms with E-state index in [0.717, 1.165) is 23.8 Å². The van der Waals surface area contributed by atoms with E-state index in [1.807, 2.05) is 6.07 Å². The zero-order chi connectivity index (χ0) is 15.3. The lowest BCUT2D eigenvalue weighted by Gasteiger charge is -2.54. The van der Waals surface area contributed by atoms with Crippen LogP contribution in [0.2, 0.25) is 0 Å². The smallest absolute Gasteiger partial charge is 0.126 e. The maximum atomic E-state index is 5.65. The molecule has 0 spiro atoms. The van der Waals surface area contributed by atoms with Gasteiger partial charge in [0.2, 0.25) is 0 Å². The van der Waals surface area contributed by atoms with Gasteiger partial charge in [-0.2, -0.15) is 0 Å². The van der Waals surface area contributed by atoms with Gasteiger partial charge in [-0.3, -0.25) is 0 Å². The Morgan fingerprint density at radius 3 is 2.48 bits per heavy atom. The Bertz CT molecular complexity index is 547. The Labute approximate surface area is 128 Å². The SMILES string of the molecule is COc1cc(OC)c2c(c1)[C@@]1(C)CCCC(C)(C)[C@H]1CC2. The number of methoxy groups -OCH3 is 2. The van der Waals surface area contributed by atoms with Crippen molar-refractivity contribution in [1.82, 2.24) is 0 Å². The minimum atomic E-state index is 0.261. The highest BCUT2D eigenvalue weighted by Crippen LogP contribution is 2.58. The number of fused-ring (bicyclic) bond motifs is 3. The topological polar surface area (TPSA) is 18.5 Å². The van der Waals surface area contributed by atoms with Gasteiger partial charge in [0.05, 0.1) is 14.2 Å². The van der Waals surface area contributed by atoms with Crippen LogP contribution in [0.3, 0.4) is 0 Å². The van der Waals surface area contributed by atoms with E-state index in [1.54, 1.807) is 14.2 Å². The lowest BCUT2D eigenvalue weighted by molar-refractivity contribution is 0.0401. The first-order valence-corrected chi connectivity index (χ1v) is 8.18. The second kappa shape index (κ2) is 4.93. The van der Waals surface area contributed by atoms with Crippen LogP contribution in [0.4, 0.5) is 0 Å². The first-order valence-electron chi connectivity index (χ1n) is 8.18. The second-order valence-corrected chi connectivity index (χ2v) is 7.71. The summed E-state index contributed by atoms with van der Waals surface area (Å²) in [7, 11) is 3.52. The number of hydrogen-bond donors (Lipinski definition) is 0. The van der Waals surface area contributed by atoms with Gasteiger partial charge in [0, 0.05) is 6.07 Å². The van der Waals surface area contributed by atoms with Crippen molar-refractivity contribution in [1.29, 1.82) is 0 Å². The molecule has 1 aromatic rings. The summed E-state index contributed by atoms with van der Waals surface area (Å²) in [6, 6.07) is 4.31. The molecule has 1 saturated carbocycles. The zero-order valence-corrected chi connectivity index (χ0v) is 14.1. The number of hydrogen-bond acceptors (Lipinski definition) is 2. The molecule has 2 aliphatic rings. The van der Waals surface area contributed by atoms with E-state index in [9.17, 15) is 0 Å². The molecular weight excluding hydrogens is 260 g/mol. The third-order valence-corrected chi connectivity index (χ3v) is 6.17. The van der Waals surface area contributed by atoms with Crippen molar-refractivity contribution in [3.63, 3.8) is 0 Å². The standard InChI is InChI=1S/C19H28O2/c1-18(2)9-6-10-19(3)15-11-13(20-4)12-16(21-5)14(15)7-8-17(18)19/h11-12,17H,6-10H2,1-5H3/t17-,19-/m1/s1. The van der Waals surface area contributed by atoms with Crippen molar-refractivity contribution in [3.05, 3.63) is 23.3 Å². The van der Waals surface area contributed by atoms with Crippen molar-refractivity contribution in [2.75, 3.05) is 14.2 Å². The van der Waals surface area contributed by atoms with Crippen LogP contribution in [-0.2, 0) is 11.8 Å². The van der Waals surface area contributed by atoms with Crippen molar-refractivity contribution in [3.8, 4) is 11.5 Å². The van der Waals surface area contributed by atoms with E-state index in [-0.39, 0.29) is 5.41 Å². The lowest BCUT2D eigenvalue weighted by atomic mass is 9.50. The Morgan fingerprint density at radius 2 is 1.81 bits per heavy atom. The Morgan fingerprint density at radius 1 is 1.05 bits per heavy atom. The molecule has 2 nitrogen and oxygen atoms in total. The molecule has 0 N–H and O–H groups in total. The molecular formula is C19H28O2. The zero-order valence-electron chi connectivity index (χ0n) is 14.1. The quantitative estimate of drug-likeness (QED) is 0.783. The van der Waals surface area contributed by atoms with Crippen LogP contribution in [0.5, 0.6) is 11.5 Å². The molecule has 0 bridgehead atoms. The summed E-state index contributed by atoms with van der Waals surface area (Å²) < 4.78 is 11.2. The monoisotopic (exact) mass is 288 g/mol. The molecule has 3 rings (SSSR count). The van der Waals surface area contributed by atoms with Gasteiger partial charge in [-0.25, -0.2) is 0 Å². The van der Waals surface area contributed by atoms with E-state index in [1.165, 1.54) is 36.8 Å². The molecule has 0 unspecified atom stereocenters. The number of rotatable bonds is 2. The maximum Gasteiger partial charge on any atom is 0.126 e. The third-order valence-electron chi connectivity index (χ3n) is 6.17. The van der Waals surface area contributed by atoms with Crippen LogP contribution in [0.15, 0.2) is 12.1 Å². The van der Waals surface area contributed by atoms with Crippen molar-refractivity contribution in [2.24, 2.45) is 11.3 Å². The molecule has 116 valence electrons. The van der Waals surface area contributed by atoms with E-state index in [2.05, 4.69) is 26.8 Å². The molecule has 2 aliphatic carbocycles. The molecule has 0 heterocycles. The molecule has 2 atom stereocenters. The van der Waals surface area contributed by atoms with Gasteiger partial charge in [-0.1, -0.05) is 27.2 Å². The van der Waals surface area contributed by atoms with Crippen LogP contribution in [-0.4, -0.2) is 14.2 Å². The molecule has 1 aromatic carbocycles. The van der Waals surface area contributed by atoms with E-state index in [4.69, 9.17) is 9.47 Å². The van der Waals surface area contributed by atoms with E-state index >= 15 is 0 Å². The molecule has 0 aliphatic heterocycles. The summed E-state index contributed by atoms with van der Waals surface area (Å²) in [6.07, 6.45) is 6.36. The predicted molar refractivity (Wildman–Crippen MR) is 86.3 cm³/mol. The van der Waals surface area contributed by atoms with Gasteiger partial charge in [0.1, 0.15) is 11.5 Å². The summed E-state index contributed by atoms with van der Waals surface area (Å²) >= 11 is 0. The molecule has 0 saturated heterocycles. The maximum absolute atomic E-state index is 5.65. The predicted octanol–water partition coefficient (Wildman–Crippen LogP) is 4.73. The van der Waals surface area contributed by atoms with Crippen molar-refractivity contribution < 1.29 is 9.47 Å². The molecule has 1 fully saturated rings. The van der Waals surface area contributed by atoms with Gasteiger partial charge in [0.25, 0.3) is 0 Å². The molecule has 21 heavy (non-hydrogen) atoms. The minimum absolute atomic E-state index is 0.261. The Kier molecular flexibility index (Phi) is 3.46. The second-order valence-electron chi connectivity index (χ2n) is 7.71. The van der Waals surface area contributed by atoms with E-state index < -0.39 is 0 Å². The van der Waals surface area contributed by atoms with Gasteiger partial charge in [-0.15, -0.1) is 0 Å². The van der Waals surface area contributed by atoms with Gasteiger partial charge < -0.3 is 9.47 Å². The van der Waals surface area contributed by atoms with Crippen LogP contribution in [0, 0.1) is 11.3 Å². The highest BCUT2D eigenvalue weighted by molar-refractivity contribution is 5.52. The average Bonchev–Trinajstić information content (AvgIpc) is 2.45. The summed E-state index contributed by atoms with van der Waals surface area (Å²) in [5.41, 5.74) is 3.58. The number of ether oxygens (including phenoxy) is 2. The lowest BCUT2D eigenvalue weighted by Crippen LogP contribution is -2.47. The van der Waals surface area contributed by atoms with Crippen LogP contribution in [0.25, 0.3) is 0 Å². The first kappa shape index (κ1) is 14.7. The molecule has 0 amide bonds. The normalized spacial score (nSPS) is 30.2. The molecule has 0 aromatic heterocycles. The fraction of sp³-hybridized carbons (Fsp3) is 0.684. The molecule has 2 heteroatoms. The van der Waals surface area contributed by atoms with Crippen LogP contribution >= 0.6 is 0 Å². The van der Waals surface area contributed by atoms with E-state index in [0.29, 0.717) is 5.41 Å². The third kappa shape index (κ3) is 2.15. The summed E-state index contributed by atoms with van der Waals surface area (Å²) in [4.78, 5) is 0. The highest BCUT2D eigenvalue weighted by Gasteiger charge is 2.50. The number of benzene rings is 1. The summed E-state index contributed by atoms with van der Waals surface area (Å²) in [5.74, 6) is 2.69. The van der Waals surface area contributed by atoms with Crippen molar-refractivity contribution in [2.45, 2.75) is 58.3 Å². The minimum Gasteiger partial charge on any atom is -0.497 e. The summed E-state index contributed by atoms with van der Waals surface area (Å²) in [5, 5.41) is 0.